The van der Waals surface area contributed by atoms with Crippen molar-refractivity contribution in [1.82, 2.24) is 9.97 Å². The van der Waals surface area contributed by atoms with Crippen LogP contribution < -0.4 is 10.5 Å². The summed E-state index contributed by atoms with van der Waals surface area (Å²) in [5, 5.41) is 8.97. The van der Waals surface area contributed by atoms with E-state index in [4.69, 9.17) is 15.6 Å². The van der Waals surface area contributed by atoms with Crippen LogP contribution in [0.1, 0.15) is 10.5 Å². The molecule has 0 atom stereocenters. The van der Waals surface area contributed by atoms with Crippen molar-refractivity contribution < 1.29 is 14.6 Å². The Bertz CT molecular complexity index is 599. The van der Waals surface area contributed by atoms with Crippen molar-refractivity contribution in [2.75, 3.05) is 12.8 Å². The summed E-state index contributed by atoms with van der Waals surface area (Å²) in [5.74, 6) is -0.657. The lowest BCUT2D eigenvalue weighted by atomic mass is 10.2. The standard InChI is InChI=1S/C12H11N3O3/c1-18-9-3-2-6-14-11(9)8-5-4-7(13)10(15-8)12(16)17/h2-6H,13H2,1H3,(H,16,17). The molecule has 0 saturated heterocycles. The highest BCUT2D eigenvalue weighted by Crippen LogP contribution is 2.26. The van der Waals surface area contributed by atoms with Gasteiger partial charge in [0.2, 0.25) is 0 Å². The van der Waals surface area contributed by atoms with Crippen LogP contribution in [-0.4, -0.2) is 28.2 Å². The average molecular weight is 245 g/mol. The highest BCUT2D eigenvalue weighted by molar-refractivity contribution is 5.92. The van der Waals surface area contributed by atoms with E-state index in [1.54, 1.807) is 24.4 Å². The second-order valence-corrected chi connectivity index (χ2v) is 3.49. The van der Waals surface area contributed by atoms with Gasteiger partial charge in [-0.3, -0.25) is 4.98 Å². The van der Waals surface area contributed by atoms with Crippen LogP contribution in [0.15, 0.2) is 30.5 Å². The Kier molecular flexibility index (Phi) is 3.09. The van der Waals surface area contributed by atoms with Crippen molar-refractivity contribution in [2.24, 2.45) is 0 Å². The minimum atomic E-state index is -1.18. The number of hydrogen-bond donors (Lipinski definition) is 2. The van der Waals surface area contributed by atoms with Gasteiger partial charge >= 0.3 is 5.97 Å². The van der Waals surface area contributed by atoms with Gasteiger partial charge in [0.15, 0.2) is 5.69 Å². The number of aromatic nitrogens is 2. The molecule has 0 aromatic carbocycles. The number of aromatic carboxylic acids is 1. The highest BCUT2D eigenvalue weighted by atomic mass is 16.5. The highest BCUT2D eigenvalue weighted by Gasteiger charge is 2.14. The molecule has 0 aliphatic carbocycles. The van der Waals surface area contributed by atoms with Crippen molar-refractivity contribution in [3.8, 4) is 17.1 Å². The zero-order chi connectivity index (χ0) is 13.1. The first kappa shape index (κ1) is 11.8. The van der Waals surface area contributed by atoms with E-state index in [-0.39, 0.29) is 11.4 Å². The van der Waals surface area contributed by atoms with Crippen LogP contribution in [0.2, 0.25) is 0 Å². The third-order valence-electron chi connectivity index (χ3n) is 2.36. The van der Waals surface area contributed by atoms with Crippen LogP contribution in [0.3, 0.4) is 0 Å². The Balaban J connectivity index is 2.58. The molecule has 0 fully saturated rings. The largest absolute Gasteiger partial charge is 0.494 e. The van der Waals surface area contributed by atoms with Crippen LogP contribution in [-0.2, 0) is 0 Å². The smallest absolute Gasteiger partial charge is 0.356 e. The number of carbonyl (C=O) groups is 1. The molecule has 0 saturated carbocycles. The van der Waals surface area contributed by atoms with Gasteiger partial charge in [0.05, 0.1) is 18.5 Å². The van der Waals surface area contributed by atoms with Crippen LogP contribution in [0, 0.1) is 0 Å². The summed E-state index contributed by atoms with van der Waals surface area (Å²) >= 11 is 0. The third kappa shape index (κ3) is 2.08. The van der Waals surface area contributed by atoms with Gasteiger partial charge in [-0.05, 0) is 24.3 Å². The molecular weight excluding hydrogens is 234 g/mol. The first-order valence-electron chi connectivity index (χ1n) is 5.12. The quantitative estimate of drug-likeness (QED) is 0.848. The molecular formula is C12H11N3O3. The molecule has 2 rings (SSSR count). The van der Waals surface area contributed by atoms with Crippen LogP contribution >= 0.6 is 0 Å². The zero-order valence-corrected chi connectivity index (χ0v) is 9.62. The molecule has 0 spiro atoms. The summed E-state index contributed by atoms with van der Waals surface area (Å²) in [6.45, 7) is 0. The molecule has 2 aromatic rings. The molecule has 92 valence electrons. The topological polar surface area (TPSA) is 98.3 Å². The lowest BCUT2D eigenvalue weighted by Gasteiger charge is -2.07. The van der Waals surface area contributed by atoms with E-state index in [0.29, 0.717) is 17.1 Å². The van der Waals surface area contributed by atoms with Crippen molar-refractivity contribution in [2.45, 2.75) is 0 Å². The van der Waals surface area contributed by atoms with Gasteiger partial charge in [-0.25, -0.2) is 9.78 Å². The molecule has 6 heteroatoms. The molecule has 6 nitrogen and oxygen atoms in total. The monoisotopic (exact) mass is 245 g/mol. The SMILES string of the molecule is COc1cccnc1-c1ccc(N)c(C(=O)O)n1. The molecule has 0 unspecified atom stereocenters. The number of hydrogen-bond acceptors (Lipinski definition) is 5. The Morgan fingerprint density at radius 1 is 1.39 bits per heavy atom. The molecule has 0 aliphatic heterocycles. The van der Waals surface area contributed by atoms with Crippen LogP contribution in [0.5, 0.6) is 5.75 Å². The van der Waals surface area contributed by atoms with Gasteiger partial charge in [-0.2, -0.15) is 0 Å². The summed E-state index contributed by atoms with van der Waals surface area (Å²) < 4.78 is 5.15. The third-order valence-corrected chi connectivity index (χ3v) is 2.36. The predicted molar refractivity (Wildman–Crippen MR) is 65.4 cm³/mol. The Morgan fingerprint density at radius 2 is 2.17 bits per heavy atom. The van der Waals surface area contributed by atoms with Crippen molar-refractivity contribution >= 4 is 11.7 Å². The molecule has 0 bridgehead atoms. The summed E-state index contributed by atoms with van der Waals surface area (Å²) in [4.78, 5) is 19.1. The van der Waals surface area contributed by atoms with Gasteiger partial charge in [0.1, 0.15) is 11.4 Å². The van der Waals surface area contributed by atoms with Crippen molar-refractivity contribution in [3.05, 3.63) is 36.2 Å². The van der Waals surface area contributed by atoms with Crippen molar-refractivity contribution in [1.29, 1.82) is 0 Å². The normalized spacial score (nSPS) is 10.1. The number of carboxylic acid groups (broad SMARTS) is 1. The van der Waals surface area contributed by atoms with E-state index in [2.05, 4.69) is 9.97 Å². The Hall–Kier alpha value is -2.63. The zero-order valence-electron chi connectivity index (χ0n) is 9.62. The number of nitrogens with zero attached hydrogens (tertiary/aromatic N) is 2. The number of anilines is 1. The van der Waals surface area contributed by atoms with Crippen molar-refractivity contribution in [3.63, 3.8) is 0 Å². The second kappa shape index (κ2) is 4.70. The van der Waals surface area contributed by atoms with Crippen LogP contribution in [0.25, 0.3) is 11.4 Å². The first-order chi connectivity index (χ1) is 8.63. The molecule has 18 heavy (non-hydrogen) atoms. The summed E-state index contributed by atoms with van der Waals surface area (Å²) in [6, 6.07) is 6.53. The van der Waals surface area contributed by atoms with Gasteiger partial charge in [0, 0.05) is 6.20 Å². The number of carboxylic acids is 1. The van der Waals surface area contributed by atoms with E-state index in [1.807, 2.05) is 0 Å². The fraction of sp³-hybridized carbons (Fsp3) is 0.0833. The number of rotatable bonds is 3. The van der Waals surface area contributed by atoms with E-state index in [0.717, 1.165) is 0 Å². The Morgan fingerprint density at radius 3 is 2.83 bits per heavy atom. The first-order valence-corrected chi connectivity index (χ1v) is 5.12. The minimum Gasteiger partial charge on any atom is -0.494 e. The summed E-state index contributed by atoms with van der Waals surface area (Å²) in [6.07, 6.45) is 1.58. The number of methoxy groups -OCH3 is 1. The lowest BCUT2D eigenvalue weighted by Crippen LogP contribution is -2.06. The fourth-order valence-corrected chi connectivity index (χ4v) is 1.52. The number of nitrogens with two attached hydrogens (primary N) is 1. The maximum Gasteiger partial charge on any atom is 0.356 e. The maximum atomic E-state index is 11.0. The molecule has 3 N–H and O–H groups in total. The van der Waals surface area contributed by atoms with E-state index >= 15 is 0 Å². The average Bonchev–Trinajstić information content (AvgIpc) is 2.39. The molecule has 0 radical (unpaired) electrons. The summed E-state index contributed by atoms with van der Waals surface area (Å²) in [5.41, 5.74) is 6.34. The predicted octanol–water partition coefficient (Wildman–Crippen LogP) is 1.43. The molecule has 2 aromatic heterocycles. The summed E-state index contributed by atoms with van der Waals surface area (Å²) in [7, 11) is 1.51. The lowest BCUT2D eigenvalue weighted by molar-refractivity contribution is 0.0692. The number of ether oxygens (including phenoxy) is 1. The molecule has 0 amide bonds. The van der Waals surface area contributed by atoms with Gasteiger partial charge < -0.3 is 15.6 Å². The maximum absolute atomic E-state index is 11.0. The molecule has 0 aliphatic rings. The molecule has 2 heterocycles. The second-order valence-electron chi connectivity index (χ2n) is 3.49. The number of pyridine rings is 2. The van der Waals surface area contributed by atoms with Gasteiger partial charge in [-0.1, -0.05) is 0 Å². The number of nitrogen functional groups attached to an aromatic ring is 1. The minimum absolute atomic E-state index is 0.112. The van der Waals surface area contributed by atoms with Gasteiger partial charge in [0.25, 0.3) is 0 Å². The van der Waals surface area contributed by atoms with E-state index in [1.165, 1.54) is 13.2 Å². The Labute approximate surface area is 103 Å². The van der Waals surface area contributed by atoms with E-state index in [9.17, 15) is 4.79 Å². The van der Waals surface area contributed by atoms with Gasteiger partial charge in [-0.15, -0.1) is 0 Å². The fourth-order valence-electron chi connectivity index (χ4n) is 1.52. The van der Waals surface area contributed by atoms with E-state index < -0.39 is 5.97 Å². The van der Waals surface area contributed by atoms with Crippen LogP contribution in [0.4, 0.5) is 5.69 Å².